The first kappa shape index (κ1) is 15.9. The Bertz CT molecular complexity index is 867. The molecule has 1 aromatic carbocycles. The van der Waals surface area contributed by atoms with Gasteiger partial charge in [-0.15, -0.1) is 11.3 Å². The number of carbonyl (C=O) groups is 2. The molecule has 0 spiro atoms. The van der Waals surface area contributed by atoms with E-state index in [9.17, 15) is 9.59 Å². The molecule has 0 saturated carbocycles. The van der Waals surface area contributed by atoms with Crippen LogP contribution in [0.15, 0.2) is 53.1 Å². The first-order valence-electron chi connectivity index (χ1n) is 8.32. The number of thiophene rings is 1. The lowest BCUT2D eigenvalue weighted by Gasteiger charge is -2.23. The molecule has 25 heavy (non-hydrogen) atoms. The van der Waals surface area contributed by atoms with Gasteiger partial charge in [-0.2, -0.15) is 0 Å². The van der Waals surface area contributed by atoms with Crippen molar-refractivity contribution in [2.24, 2.45) is 0 Å². The minimum absolute atomic E-state index is 0.0585. The maximum Gasteiger partial charge on any atom is 0.264 e. The molecule has 1 atom stereocenters. The number of nitrogens with one attached hydrogen (secondary N) is 1. The van der Waals surface area contributed by atoms with Crippen molar-refractivity contribution in [3.05, 3.63) is 59.4 Å². The molecular formula is C19H18N2O3S. The third-order valence-corrected chi connectivity index (χ3v) is 5.57. The third-order valence-electron chi connectivity index (χ3n) is 4.47. The molecule has 2 amide bonds. The Labute approximate surface area is 149 Å². The highest BCUT2D eigenvalue weighted by Gasteiger charge is 2.35. The Balaban J connectivity index is 1.48. The zero-order valence-corrected chi connectivity index (χ0v) is 14.4. The molecular weight excluding hydrogens is 336 g/mol. The van der Waals surface area contributed by atoms with Gasteiger partial charge in [0.1, 0.15) is 11.8 Å². The minimum atomic E-state index is -0.410. The number of hydrogen-bond acceptors (Lipinski definition) is 4. The van der Waals surface area contributed by atoms with Crippen LogP contribution >= 0.6 is 11.3 Å². The van der Waals surface area contributed by atoms with Crippen LogP contribution in [0.3, 0.4) is 0 Å². The molecule has 0 bridgehead atoms. The molecule has 2 aromatic heterocycles. The summed E-state index contributed by atoms with van der Waals surface area (Å²) in [6.07, 6.45) is 3.12. The van der Waals surface area contributed by atoms with Crippen LogP contribution in [-0.4, -0.2) is 29.3 Å². The summed E-state index contributed by atoms with van der Waals surface area (Å²) in [6.45, 7) is 0.958. The predicted molar refractivity (Wildman–Crippen MR) is 96.4 cm³/mol. The molecule has 5 nitrogen and oxygen atoms in total. The summed E-state index contributed by atoms with van der Waals surface area (Å²) < 4.78 is 6.32. The van der Waals surface area contributed by atoms with Crippen molar-refractivity contribution in [3.63, 3.8) is 0 Å². The van der Waals surface area contributed by atoms with Crippen LogP contribution in [0.5, 0.6) is 0 Å². The number of amides is 2. The average Bonchev–Trinajstić information content (AvgIpc) is 3.38. The first-order chi connectivity index (χ1) is 12.2. The molecule has 3 heterocycles. The second-order valence-electron chi connectivity index (χ2n) is 6.10. The van der Waals surface area contributed by atoms with Gasteiger partial charge in [0.25, 0.3) is 5.91 Å². The molecule has 1 saturated heterocycles. The molecule has 0 radical (unpaired) electrons. The lowest BCUT2D eigenvalue weighted by molar-refractivity contribution is -0.125. The summed E-state index contributed by atoms with van der Waals surface area (Å²) in [5.74, 6) is 0.522. The van der Waals surface area contributed by atoms with Crippen molar-refractivity contribution in [1.82, 2.24) is 10.2 Å². The van der Waals surface area contributed by atoms with Gasteiger partial charge < -0.3 is 14.6 Å². The van der Waals surface area contributed by atoms with Crippen LogP contribution in [0.2, 0.25) is 0 Å². The van der Waals surface area contributed by atoms with Gasteiger partial charge in [-0.25, -0.2) is 0 Å². The molecule has 128 valence electrons. The molecule has 1 aliphatic rings. The summed E-state index contributed by atoms with van der Waals surface area (Å²) in [5.41, 5.74) is 0. The number of rotatable bonds is 4. The van der Waals surface area contributed by atoms with Gasteiger partial charge >= 0.3 is 0 Å². The molecule has 1 N–H and O–H groups in total. The Morgan fingerprint density at radius 1 is 1.24 bits per heavy atom. The van der Waals surface area contributed by atoms with E-state index < -0.39 is 6.04 Å². The van der Waals surface area contributed by atoms with Crippen LogP contribution in [0, 0.1) is 0 Å². The Morgan fingerprint density at radius 3 is 2.92 bits per heavy atom. The normalized spacial score (nSPS) is 17.1. The van der Waals surface area contributed by atoms with Crippen molar-refractivity contribution < 1.29 is 14.0 Å². The van der Waals surface area contributed by atoms with Gasteiger partial charge in [0, 0.05) is 11.2 Å². The van der Waals surface area contributed by atoms with E-state index in [0.717, 1.165) is 16.5 Å². The van der Waals surface area contributed by atoms with E-state index in [2.05, 4.69) is 5.32 Å². The van der Waals surface area contributed by atoms with Gasteiger partial charge in [0.2, 0.25) is 5.91 Å². The Morgan fingerprint density at radius 2 is 2.12 bits per heavy atom. The minimum Gasteiger partial charge on any atom is -0.467 e. The summed E-state index contributed by atoms with van der Waals surface area (Å²) in [5, 5.41) is 3.93. The molecule has 4 rings (SSSR count). The van der Waals surface area contributed by atoms with E-state index in [0.29, 0.717) is 30.1 Å². The fourth-order valence-corrected chi connectivity index (χ4v) is 4.24. The van der Waals surface area contributed by atoms with E-state index in [1.54, 1.807) is 17.2 Å². The molecule has 1 aliphatic heterocycles. The van der Waals surface area contributed by atoms with Crippen molar-refractivity contribution in [2.45, 2.75) is 25.4 Å². The average molecular weight is 354 g/mol. The van der Waals surface area contributed by atoms with Crippen molar-refractivity contribution in [1.29, 1.82) is 0 Å². The van der Waals surface area contributed by atoms with E-state index in [1.807, 2.05) is 36.4 Å². The molecule has 1 fully saturated rings. The lowest BCUT2D eigenvalue weighted by atomic mass is 10.2. The summed E-state index contributed by atoms with van der Waals surface area (Å²) in [6, 6.07) is 13.0. The number of benzene rings is 1. The predicted octanol–water partition coefficient (Wildman–Crippen LogP) is 3.42. The molecule has 1 unspecified atom stereocenters. The van der Waals surface area contributed by atoms with Gasteiger partial charge in [-0.05, 0) is 42.5 Å². The van der Waals surface area contributed by atoms with Crippen LogP contribution in [0.25, 0.3) is 10.1 Å². The summed E-state index contributed by atoms with van der Waals surface area (Å²) >= 11 is 1.48. The number of furan rings is 1. The first-order valence-corrected chi connectivity index (χ1v) is 9.13. The SMILES string of the molecule is O=C(NCc1ccco1)C1CCCN1C(=O)c1cc2ccccc2s1. The van der Waals surface area contributed by atoms with Crippen LogP contribution in [0.1, 0.15) is 28.3 Å². The number of carbonyl (C=O) groups excluding carboxylic acids is 2. The maximum atomic E-state index is 12.9. The monoisotopic (exact) mass is 354 g/mol. The number of likely N-dealkylation sites (tertiary alicyclic amines) is 1. The number of nitrogens with zero attached hydrogens (tertiary/aromatic N) is 1. The second-order valence-corrected chi connectivity index (χ2v) is 7.19. The van der Waals surface area contributed by atoms with Crippen LogP contribution in [-0.2, 0) is 11.3 Å². The Kier molecular flexibility index (Phi) is 4.28. The van der Waals surface area contributed by atoms with Gasteiger partial charge in [0.05, 0.1) is 17.7 Å². The third kappa shape index (κ3) is 3.17. The van der Waals surface area contributed by atoms with Crippen molar-refractivity contribution >= 4 is 33.2 Å². The van der Waals surface area contributed by atoms with Gasteiger partial charge in [-0.3, -0.25) is 9.59 Å². The largest absolute Gasteiger partial charge is 0.467 e. The van der Waals surface area contributed by atoms with Crippen molar-refractivity contribution in [2.75, 3.05) is 6.54 Å². The maximum absolute atomic E-state index is 12.9. The summed E-state index contributed by atoms with van der Waals surface area (Å²) in [7, 11) is 0. The van der Waals surface area contributed by atoms with Gasteiger partial charge in [-0.1, -0.05) is 18.2 Å². The van der Waals surface area contributed by atoms with E-state index in [1.165, 1.54) is 11.3 Å². The van der Waals surface area contributed by atoms with E-state index >= 15 is 0 Å². The molecule has 0 aliphatic carbocycles. The van der Waals surface area contributed by atoms with E-state index in [4.69, 9.17) is 4.42 Å². The second kappa shape index (κ2) is 6.72. The lowest BCUT2D eigenvalue weighted by Crippen LogP contribution is -2.45. The van der Waals surface area contributed by atoms with Crippen LogP contribution < -0.4 is 5.32 Å². The van der Waals surface area contributed by atoms with Crippen LogP contribution in [0.4, 0.5) is 0 Å². The zero-order chi connectivity index (χ0) is 17.2. The topological polar surface area (TPSA) is 62.6 Å². The highest BCUT2D eigenvalue weighted by atomic mass is 32.1. The fourth-order valence-electron chi connectivity index (χ4n) is 3.22. The quantitative estimate of drug-likeness (QED) is 0.781. The number of fused-ring (bicyclic) bond motifs is 1. The number of hydrogen-bond donors (Lipinski definition) is 1. The molecule has 3 aromatic rings. The van der Waals surface area contributed by atoms with Gasteiger partial charge in [0.15, 0.2) is 0 Å². The smallest absolute Gasteiger partial charge is 0.264 e. The highest BCUT2D eigenvalue weighted by Crippen LogP contribution is 2.29. The zero-order valence-electron chi connectivity index (χ0n) is 13.6. The Hall–Kier alpha value is -2.60. The standard InChI is InChI=1S/C19H18N2O3S/c22-18(20-12-14-6-4-10-24-14)15-7-3-9-21(15)19(23)17-11-13-5-1-2-8-16(13)25-17/h1-2,4-6,8,10-11,15H,3,7,9,12H2,(H,20,22). The van der Waals surface area contributed by atoms with E-state index in [-0.39, 0.29) is 11.8 Å². The van der Waals surface area contributed by atoms with Crippen molar-refractivity contribution in [3.8, 4) is 0 Å². The molecule has 6 heteroatoms. The highest BCUT2D eigenvalue weighted by molar-refractivity contribution is 7.20. The fraction of sp³-hybridized carbons (Fsp3) is 0.263. The summed E-state index contributed by atoms with van der Waals surface area (Å²) in [4.78, 5) is 27.8.